The smallest absolute Gasteiger partial charge is 0.408 e. The van der Waals surface area contributed by atoms with E-state index in [1.165, 1.54) is 7.11 Å². The van der Waals surface area contributed by atoms with Crippen LogP contribution in [0, 0.1) is 5.92 Å². The van der Waals surface area contributed by atoms with Crippen molar-refractivity contribution in [3.05, 3.63) is 46.3 Å². The van der Waals surface area contributed by atoms with Gasteiger partial charge in [-0.2, -0.15) is 0 Å². The number of alkyl carbamates (subject to hydrolysis) is 1. The minimum atomic E-state index is -1.08. The Kier molecular flexibility index (Phi) is 5.43. The zero-order chi connectivity index (χ0) is 16.7. The van der Waals surface area contributed by atoms with E-state index in [1.807, 2.05) is 30.3 Å². The van der Waals surface area contributed by atoms with Crippen LogP contribution in [0.1, 0.15) is 18.4 Å². The van der Waals surface area contributed by atoms with Gasteiger partial charge < -0.3 is 14.8 Å². The Morgan fingerprint density at radius 2 is 2.17 bits per heavy atom. The highest BCUT2D eigenvalue weighted by Gasteiger charge is 2.62. The molecule has 1 saturated carbocycles. The molecule has 2 atom stereocenters. The number of hydrogen-bond acceptors (Lipinski definition) is 5. The second kappa shape index (κ2) is 7.51. The molecule has 8 heteroatoms. The number of hydrogen-bond donors (Lipinski definition) is 1. The highest BCUT2D eigenvalue weighted by atomic mass is 16.6. The number of benzene rings is 1. The summed E-state index contributed by atoms with van der Waals surface area (Å²) in [4.78, 5) is 26.6. The van der Waals surface area contributed by atoms with Crippen LogP contribution in [0.5, 0.6) is 0 Å². The van der Waals surface area contributed by atoms with Crippen LogP contribution < -0.4 is 5.32 Å². The lowest BCUT2D eigenvalue weighted by Gasteiger charge is -2.17. The Hall–Kier alpha value is -2.73. The summed E-state index contributed by atoms with van der Waals surface area (Å²) in [6, 6.07) is 9.24. The molecular weight excluding hydrogens is 300 g/mol. The fraction of sp³-hybridized carbons (Fsp3) is 0.467. The molecular formula is C15H18N4O4. The van der Waals surface area contributed by atoms with Gasteiger partial charge in [-0.3, -0.25) is 0 Å². The third kappa shape index (κ3) is 4.14. The first-order valence-corrected chi connectivity index (χ1v) is 7.20. The molecule has 0 bridgehead atoms. The van der Waals surface area contributed by atoms with Gasteiger partial charge in [0.05, 0.1) is 7.11 Å². The lowest BCUT2D eigenvalue weighted by molar-refractivity contribution is -0.144. The summed E-state index contributed by atoms with van der Waals surface area (Å²) in [5, 5.41) is 6.04. The maximum absolute atomic E-state index is 12.0. The third-order valence-electron chi connectivity index (χ3n) is 3.83. The lowest BCUT2D eigenvalue weighted by atomic mass is 10.1. The number of ether oxygens (including phenoxy) is 2. The van der Waals surface area contributed by atoms with Gasteiger partial charge in [0.1, 0.15) is 12.1 Å². The van der Waals surface area contributed by atoms with E-state index in [9.17, 15) is 9.59 Å². The molecule has 0 heterocycles. The normalized spacial score (nSPS) is 21.7. The van der Waals surface area contributed by atoms with Gasteiger partial charge in [0.15, 0.2) is 0 Å². The van der Waals surface area contributed by atoms with E-state index in [0.29, 0.717) is 12.8 Å². The molecule has 1 fully saturated rings. The summed E-state index contributed by atoms with van der Waals surface area (Å²) in [5.74, 6) is -0.634. The molecule has 0 aliphatic heterocycles. The molecule has 1 aromatic rings. The van der Waals surface area contributed by atoms with E-state index >= 15 is 0 Å². The Labute approximate surface area is 133 Å². The molecule has 1 aliphatic carbocycles. The minimum absolute atomic E-state index is 0.118. The maximum atomic E-state index is 12.0. The number of carbonyl (C=O) groups is 2. The van der Waals surface area contributed by atoms with Gasteiger partial charge in [0, 0.05) is 11.5 Å². The van der Waals surface area contributed by atoms with Gasteiger partial charge in [0.25, 0.3) is 0 Å². The molecule has 0 radical (unpaired) electrons. The van der Waals surface area contributed by atoms with E-state index in [2.05, 4.69) is 15.3 Å². The topological polar surface area (TPSA) is 113 Å². The summed E-state index contributed by atoms with van der Waals surface area (Å²) in [6.45, 7) is 0.383. The molecule has 1 aromatic carbocycles. The van der Waals surface area contributed by atoms with Crippen molar-refractivity contribution in [1.29, 1.82) is 0 Å². The first-order chi connectivity index (χ1) is 11.1. The summed E-state index contributed by atoms with van der Waals surface area (Å²) in [7, 11) is 1.27. The molecule has 23 heavy (non-hydrogen) atoms. The average Bonchev–Trinajstić information content (AvgIpc) is 3.27. The van der Waals surface area contributed by atoms with Crippen molar-refractivity contribution in [2.24, 2.45) is 11.0 Å². The quantitative estimate of drug-likeness (QED) is 0.360. The van der Waals surface area contributed by atoms with Crippen LogP contribution in [0.4, 0.5) is 4.79 Å². The molecule has 1 amide bonds. The Morgan fingerprint density at radius 3 is 2.83 bits per heavy atom. The number of methoxy groups -OCH3 is 1. The number of nitrogens with zero attached hydrogens (tertiary/aromatic N) is 3. The fourth-order valence-corrected chi connectivity index (χ4v) is 2.51. The number of azide groups is 1. The second-order valence-corrected chi connectivity index (χ2v) is 5.29. The van der Waals surface area contributed by atoms with Crippen LogP contribution in [0.25, 0.3) is 10.4 Å². The molecule has 0 aromatic heterocycles. The summed E-state index contributed by atoms with van der Waals surface area (Å²) < 4.78 is 9.90. The molecule has 0 unspecified atom stereocenters. The number of esters is 1. The van der Waals surface area contributed by atoms with E-state index in [0.717, 1.165) is 5.56 Å². The predicted octanol–water partition coefficient (Wildman–Crippen LogP) is 2.54. The maximum Gasteiger partial charge on any atom is 0.408 e. The van der Waals surface area contributed by atoms with Crippen molar-refractivity contribution in [2.45, 2.75) is 25.0 Å². The molecule has 122 valence electrons. The lowest BCUT2D eigenvalue weighted by Crippen LogP contribution is -2.46. The SMILES string of the molecule is COC(=O)[C@]1(NC(=O)OCc2ccccc2)C[C@@H]1CCN=[N+]=[N-]. The van der Waals surface area contributed by atoms with Gasteiger partial charge >= 0.3 is 12.1 Å². The van der Waals surface area contributed by atoms with Gasteiger partial charge in [-0.05, 0) is 29.9 Å². The van der Waals surface area contributed by atoms with Gasteiger partial charge in [-0.15, -0.1) is 0 Å². The average molecular weight is 318 g/mol. The first-order valence-electron chi connectivity index (χ1n) is 7.20. The van der Waals surface area contributed by atoms with Crippen LogP contribution in [0.2, 0.25) is 0 Å². The number of nitrogens with one attached hydrogen (secondary N) is 1. The largest absolute Gasteiger partial charge is 0.467 e. The molecule has 0 spiro atoms. The summed E-state index contributed by atoms with van der Waals surface area (Å²) in [5.41, 5.74) is 8.06. The van der Waals surface area contributed by atoms with Crippen LogP contribution >= 0.6 is 0 Å². The van der Waals surface area contributed by atoms with E-state index in [1.54, 1.807) is 0 Å². The van der Waals surface area contributed by atoms with Crippen molar-refractivity contribution >= 4 is 12.1 Å². The van der Waals surface area contributed by atoms with Crippen molar-refractivity contribution in [3.8, 4) is 0 Å². The van der Waals surface area contributed by atoms with Gasteiger partial charge in [-0.25, -0.2) is 9.59 Å². The highest BCUT2D eigenvalue weighted by molar-refractivity contribution is 5.89. The predicted molar refractivity (Wildman–Crippen MR) is 81.2 cm³/mol. The van der Waals surface area contributed by atoms with Gasteiger partial charge in [0.2, 0.25) is 0 Å². The summed E-state index contributed by atoms with van der Waals surface area (Å²) >= 11 is 0. The zero-order valence-corrected chi connectivity index (χ0v) is 12.8. The second-order valence-electron chi connectivity index (χ2n) is 5.29. The molecule has 2 rings (SSSR count). The highest BCUT2D eigenvalue weighted by Crippen LogP contribution is 2.47. The fourth-order valence-electron chi connectivity index (χ4n) is 2.51. The molecule has 1 N–H and O–H groups in total. The number of carbonyl (C=O) groups excluding carboxylic acids is 2. The zero-order valence-electron chi connectivity index (χ0n) is 12.8. The Morgan fingerprint density at radius 1 is 1.43 bits per heavy atom. The van der Waals surface area contributed by atoms with E-state index in [4.69, 9.17) is 15.0 Å². The van der Waals surface area contributed by atoms with Crippen molar-refractivity contribution in [3.63, 3.8) is 0 Å². The van der Waals surface area contributed by atoms with Crippen LogP contribution in [-0.4, -0.2) is 31.3 Å². The standard InChI is InChI=1S/C15H18N4O4/c1-22-13(20)15(9-12(15)7-8-17-19-16)18-14(21)23-10-11-5-3-2-4-6-11/h2-6,12H,7-10H2,1H3,(H,18,21)/t12-,15-/m0/s1. The van der Waals surface area contributed by atoms with Crippen molar-refractivity contribution < 1.29 is 19.1 Å². The number of rotatable bonds is 7. The van der Waals surface area contributed by atoms with Crippen LogP contribution in [0.15, 0.2) is 35.4 Å². The third-order valence-corrected chi connectivity index (χ3v) is 3.83. The van der Waals surface area contributed by atoms with Crippen molar-refractivity contribution in [2.75, 3.05) is 13.7 Å². The first kappa shape index (κ1) is 16.6. The molecule has 0 saturated heterocycles. The van der Waals surface area contributed by atoms with Crippen molar-refractivity contribution in [1.82, 2.24) is 5.32 Å². The Bertz CT molecular complexity index is 615. The van der Waals surface area contributed by atoms with Crippen LogP contribution in [-0.2, 0) is 20.9 Å². The van der Waals surface area contributed by atoms with E-state index < -0.39 is 17.6 Å². The Balaban J connectivity index is 1.90. The van der Waals surface area contributed by atoms with Crippen LogP contribution in [0.3, 0.4) is 0 Å². The van der Waals surface area contributed by atoms with E-state index in [-0.39, 0.29) is 19.1 Å². The minimum Gasteiger partial charge on any atom is -0.467 e. The summed E-state index contributed by atoms with van der Waals surface area (Å²) in [6.07, 6.45) is 0.268. The number of amides is 1. The molecule has 1 aliphatic rings. The molecule has 8 nitrogen and oxygen atoms in total. The van der Waals surface area contributed by atoms with Gasteiger partial charge in [-0.1, -0.05) is 35.4 Å². The monoisotopic (exact) mass is 318 g/mol.